The van der Waals surface area contributed by atoms with Crippen LogP contribution < -0.4 is 5.32 Å². The molecule has 1 aromatic heterocycles. The number of ether oxygens (including phenoxy) is 1. The minimum atomic E-state index is -0.396. The predicted molar refractivity (Wildman–Crippen MR) is 97.1 cm³/mol. The molecule has 0 bridgehead atoms. The zero-order chi connectivity index (χ0) is 16.9. The molecule has 3 rings (SSSR count). The van der Waals surface area contributed by atoms with Crippen LogP contribution in [0, 0.1) is 6.92 Å². The monoisotopic (exact) mass is 358 g/mol. The maximum absolute atomic E-state index is 12.0. The lowest BCUT2D eigenvalue weighted by Gasteiger charge is -2.03. The maximum atomic E-state index is 12.0. The number of hydrogen-bond acceptors (Lipinski definition) is 5. The van der Waals surface area contributed by atoms with Gasteiger partial charge in [-0.3, -0.25) is 0 Å². The summed E-state index contributed by atoms with van der Waals surface area (Å²) in [6.07, 6.45) is 0. The number of thiazole rings is 1. The van der Waals surface area contributed by atoms with Gasteiger partial charge in [-0.2, -0.15) is 0 Å². The molecule has 0 spiro atoms. The highest BCUT2D eigenvalue weighted by molar-refractivity contribution is 7.13. The smallest absolute Gasteiger partial charge is 0.338 e. The van der Waals surface area contributed by atoms with Crippen LogP contribution in [-0.2, 0) is 11.3 Å². The third-order valence-electron chi connectivity index (χ3n) is 3.29. The fraction of sp³-hybridized carbons (Fsp3) is 0.111. The molecule has 2 aromatic carbocycles. The van der Waals surface area contributed by atoms with E-state index < -0.39 is 5.97 Å². The number of aromatic nitrogens is 1. The van der Waals surface area contributed by atoms with E-state index in [1.807, 2.05) is 36.6 Å². The van der Waals surface area contributed by atoms with Crippen LogP contribution in [0.25, 0.3) is 0 Å². The number of nitrogens with one attached hydrogen (secondary N) is 1. The van der Waals surface area contributed by atoms with Gasteiger partial charge in [0, 0.05) is 16.1 Å². The van der Waals surface area contributed by atoms with Crippen LogP contribution in [0.5, 0.6) is 0 Å². The Labute approximate surface area is 149 Å². The van der Waals surface area contributed by atoms with Crippen molar-refractivity contribution >= 4 is 39.7 Å². The van der Waals surface area contributed by atoms with E-state index in [-0.39, 0.29) is 6.61 Å². The van der Waals surface area contributed by atoms with E-state index in [0.717, 1.165) is 10.8 Å². The summed E-state index contributed by atoms with van der Waals surface area (Å²) in [5.74, 6) is -0.396. The first-order valence-corrected chi connectivity index (χ1v) is 8.57. The summed E-state index contributed by atoms with van der Waals surface area (Å²) in [5, 5.41) is 6.44. The number of nitrogens with zero attached hydrogens (tertiary/aromatic N) is 1. The lowest BCUT2D eigenvalue weighted by molar-refractivity contribution is 0.0468. The molecule has 0 aliphatic heterocycles. The molecule has 0 aliphatic carbocycles. The minimum Gasteiger partial charge on any atom is -0.456 e. The Morgan fingerprint density at radius 1 is 1.17 bits per heavy atom. The zero-order valence-electron chi connectivity index (χ0n) is 13.0. The Morgan fingerprint density at radius 2 is 1.88 bits per heavy atom. The van der Waals surface area contributed by atoms with Crippen LogP contribution in [0.1, 0.15) is 21.6 Å². The molecule has 1 heterocycles. The van der Waals surface area contributed by atoms with Crippen molar-refractivity contribution in [3.05, 3.63) is 75.8 Å². The van der Waals surface area contributed by atoms with Crippen LogP contribution >= 0.6 is 22.9 Å². The zero-order valence-corrected chi connectivity index (χ0v) is 14.5. The second-order valence-electron chi connectivity index (χ2n) is 5.22. The molecule has 122 valence electrons. The molecular formula is C18H15ClN2O2S. The van der Waals surface area contributed by atoms with Crippen LogP contribution in [0.3, 0.4) is 0 Å². The number of benzene rings is 2. The third kappa shape index (κ3) is 4.34. The molecule has 0 fully saturated rings. The van der Waals surface area contributed by atoms with Crippen molar-refractivity contribution in [3.63, 3.8) is 0 Å². The first kappa shape index (κ1) is 16.5. The highest BCUT2D eigenvalue weighted by atomic mass is 35.5. The van der Waals surface area contributed by atoms with Crippen molar-refractivity contribution in [2.24, 2.45) is 0 Å². The van der Waals surface area contributed by atoms with Gasteiger partial charge in [-0.15, -0.1) is 11.3 Å². The summed E-state index contributed by atoms with van der Waals surface area (Å²) in [5.41, 5.74) is 3.35. The van der Waals surface area contributed by atoms with Gasteiger partial charge >= 0.3 is 5.97 Å². The van der Waals surface area contributed by atoms with Gasteiger partial charge in [0.15, 0.2) is 5.13 Å². The standard InChI is InChI=1S/C18H15ClN2O2S/c1-12-2-8-15(9-3-12)20-18-21-16(11-24-18)10-23-17(22)13-4-6-14(19)7-5-13/h2-9,11H,10H2,1H3,(H,20,21). The van der Waals surface area contributed by atoms with E-state index >= 15 is 0 Å². The quantitative estimate of drug-likeness (QED) is 0.636. The Bertz CT molecular complexity index is 829. The van der Waals surface area contributed by atoms with Gasteiger partial charge in [0.1, 0.15) is 6.61 Å². The van der Waals surface area contributed by atoms with Gasteiger partial charge in [-0.1, -0.05) is 29.3 Å². The predicted octanol–water partition coefficient (Wildman–Crippen LogP) is 5.21. The minimum absolute atomic E-state index is 0.132. The Morgan fingerprint density at radius 3 is 2.58 bits per heavy atom. The molecule has 6 heteroatoms. The second kappa shape index (κ2) is 7.47. The van der Waals surface area contributed by atoms with Crippen LogP contribution in [-0.4, -0.2) is 11.0 Å². The molecule has 0 saturated carbocycles. The number of aryl methyl sites for hydroxylation is 1. The molecule has 0 atom stereocenters. The van der Waals surface area contributed by atoms with Gasteiger partial charge in [-0.25, -0.2) is 9.78 Å². The normalized spacial score (nSPS) is 10.4. The van der Waals surface area contributed by atoms with E-state index in [2.05, 4.69) is 10.3 Å². The largest absolute Gasteiger partial charge is 0.456 e. The molecule has 0 amide bonds. The van der Waals surface area contributed by atoms with Crippen LogP contribution in [0.4, 0.5) is 10.8 Å². The molecule has 1 N–H and O–H groups in total. The van der Waals surface area contributed by atoms with Crippen LogP contribution in [0.15, 0.2) is 53.9 Å². The lowest BCUT2D eigenvalue weighted by Crippen LogP contribution is -2.05. The fourth-order valence-corrected chi connectivity index (χ4v) is 2.84. The molecule has 0 saturated heterocycles. The highest BCUT2D eigenvalue weighted by Gasteiger charge is 2.09. The topological polar surface area (TPSA) is 51.2 Å². The number of anilines is 2. The molecule has 0 radical (unpaired) electrons. The van der Waals surface area contributed by atoms with Gasteiger partial charge in [0.2, 0.25) is 0 Å². The van der Waals surface area contributed by atoms with E-state index in [4.69, 9.17) is 16.3 Å². The number of esters is 1. The van der Waals surface area contributed by atoms with Gasteiger partial charge in [0.05, 0.1) is 11.3 Å². The third-order valence-corrected chi connectivity index (χ3v) is 4.34. The van der Waals surface area contributed by atoms with Crippen molar-refractivity contribution in [3.8, 4) is 0 Å². The van der Waals surface area contributed by atoms with E-state index in [1.54, 1.807) is 24.3 Å². The summed E-state index contributed by atoms with van der Waals surface area (Å²) in [7, 11) is 0. The van der Waals surface area contributed by atoms with Crippen molar-refractivity contribution < 1.29 is 9.53 Å². The Hall–Kier alpha value is -2.37. The summed E-state index contributed by atoms with van der Waals surface area (Å²) in [6.45, 7) is 2.17. The number of carbonyl (C=O) groups excluding carboxylic acids is 1. The fourth-order valence-electron chi connectivity index (χ4n) is 2.00. The number of halogens is 1. The average molecular weight is 359 g/mol. The summed E-state index contributed by atoms with van der Waals surface area (Å²) >= 11 is 7.27. The maximum Gasteiger partial charge on any atom is 0.338 e. The number of rotatable bonds is 5. The van der Waals surface area contributed by atoms with Crippen molar-refractivity contribution in [1.29, 1.82) is 0 Å². The van der Waals surface area contributed by atoms with Crippen molar-refractivity contribution in [1.82, 2.24) is 4.98 Å². The Kier molecular flexibility index (Phi) is 5.13. The van der Waals surface area contributed by atoms with Crippen molar-refractivity contribution in [2.75, 3.05) is 5.32 Å². The van der Waals surface area contributed by atoms with E-state index in [0.29, 0.717) is 16.3 Å². The first-order valence-electron chi connectivity index (χ1n) is 7.31. The van der Waals surface area contributed by atoms with Gasteiger partial charge in [-0.05, 0) is 43.3 Å². The van der Waals surface area contributed by atoms with Crippen LogP contribution in [0.2, 0.25) is 5.02 Å². The molecule has 0 aliphatic rings. The highest BCUT2D eigenvalue weighted by Crippen LogP contribution is 2.22. The number of carbonyl (C=O) groups is 1. The van der Waals surface area contributed by atoms with E-state index in [9.17, 15) is 4.79 Å². The Balaban J connectivity index is 1.56. The van der Waals surface area contributed by atoms with Gasteiger partial charge in [0.25, 0.3) is 0 Å². The summed E-state index contributed by atoms with van der Waals surface area (Å²) in [6, 6.07) is 14.6. The van der Waals surface area contributed by atoms with Gasteiger partial charge < -0.3 is 10.1 Å². The SMILES string of the molecule is Cc1ccc(Nc2nc(COC(=O)c3ccc(Cl)cc3)cs2)cc1. The summed E-state index contributed by atoms with van der Waals surface area (Å²) < 4.78 is 5.27. The first-order chi connectivity index (χ1) is 11.6. The second-order valence-corrected chi connectivity index (χ2v) is 6.51. The summed E-state index contributed by atoms with van der Waals surface area (Å²) in [4.78, 5) is 16.4. The van der Waals surface area contributed by atoms with Crippen molar-refractivity contribution in [2.45, 2.75) is 13.5 Å². The van der Waals surface area contributed by atoms with E-state index in [1.165, 1.54) is 16.9 Å². The molecule has 0 unspecified atom stereocenters. The molecular weight excluding hydrogens is 344 g/mol. The molecule has 3 aromatic rings. The molecule has 4 nitrogen and oxygen atoms in total. The number of hydrogen-bond donors (Lipinski definition) is 1. The molecule has 24 heavy (non-hydrogen) atoms. The lowest BCUT2D eigenvalue weighted by atomic mass is 10.2. The average Bonchev–Trinajstić information content (AvgIpc) is 3.03.